The molecule has 0 bridgehead atoms. The first-order chi connectivity index (χ1) is 12.3. The van der Waals surface area contributed by atoms with Crippen molar-refractivity contribution in [3.05, 3.63) is 52.6 Å². The van der Waals surface area contributed by atoms with E-state index in [9.17, 15) is 4.79 Å². The molecule has 7 heteroatoms. The maximum Gasteiger partial charge on any atom is 0.293 e. The van der Waals surface area contributed by atoms with E-state index < -0.39 is 0 Å². The first kappa shape index (κ1) is 17.8. The van der Waals surface area contributed by atoms with Gasteiger partial charge in [-0.3, -0.25) is 4.79 Å². The maximum absolute atomic E-state index is 12.6. The van der Waals surface area contributed by atoms with Gasteiger partial charge in [0.05, 0.1) is 6.54 Å². The number of likely N-dealkylation sites (N-methyl/N-ethyl adjacent to an activating group) is 1. The number of hydrogen-bond acceptors (Lipinski definition) is 5. The number of carbonyl (C=O) groups is 1. The van der Waals surface area contributed by atoms with Crippen LogP contribution in [0.15, 0.2) is 24.3 Å². The van der Waals surface area contributed by atoms with E-state index in [1.54, 1.807) is 16.5 Å². The van der Waals surface area contributed by atoms with Gasteiger partial charge in [-0.05, 0) is 57.0 Å². The number of aromatic nitrogens is 4. The van der Waals surface area contributed by atoms with Crippen LogP contribution in [-0.4, -0.2) is 50.6 Å². The van der Waals surface area contributed by atoms with Gasteiger partial charge < -0.3 is 9.64 Å². The van der Waals surface area contributed by atoms with Gasteiger partial charge >= 0.3 is 0 Å². The van der Waals surface area contributed by atoms with Crippen molar-refractivity contribution in [2.75, 3.05) is 20.2 Å². The first-order valence-electron chi connectivity index (χ1n) is 8.51. The molecule has 1 amide bonds. The summed E-state index contributed by atoms with van der Waals surface area (Å²) in [4.78, 5) is 22.7. The van der Waals surface area contributed by atoms with Crippen LogP contribution in [0.1, 0.15) is 33.1 Å². The Hall–Kier alpha value is -2.96. The van der Waals surface area contributed by atoms with Crippen molar-refractivity contribution < 1.29 is 9.53 Å². The molecule has 0 spiro atoms. The van der Waals surface area contributed by atoms with Crippen molar-refractivity contribution in [2.45, 2.75) is 27.7 Å². The number of fused-ring (bicyclic) bond motifs is 1. The highest BCUT2D eigenvalue weighted by molar-refractivity contribution is 5.90. The van der Waals surface area contributed by atoms with E-state index in [0.717, 1.165) is 28.3 Å². The average molecular weight is 353 g/mol. The summed E-state index contributed by atoms with van der Waals surface area (Å²) in [7, 11) is 1.71. The molecule has 0 saturated carbocycles. The molecule has 7 nitrogen and oxygen atoms in total. The summed E-state index contributed by atoms with van der Waals surface area (Å²) >= 11 is 0. The van der Waals surface area contributed by atoms with Gasteiger partial charge in [-0.15, -0.1) is 5.10 Å². The van der Waals surface area contributed by atoms with Gasteiger partial charge in [-0.25, -0.2) is 9.50 Å². The third kappa shape index (κ3) is 3.82. The van der Waals surface area contributed by atoms with Crippen LogP contribution in [0.2, 0.25) is 0 Å². The number of amides is 1. The predicted octanol–water partition coefficient (Wildman–Crippen LogP) is 2.51. The van der Waals surface area contributed by atoms with E-state index in [1.165, 1.54) is 0 Å². The molecule has 0 fully saturated rings. The van der Waals surface area contributed by atoms with Crippen LogP contribution >= 0.6 is 0 Å². The number of benzene rings is 1. The van der Waals surface area contributed by atoms with Gasteiger partial charge in [0, 0.05) is 18.4 Å². The molecule has 26 heavy (non-hydrogen) atoms. The Bertz CT molecular complexity index is 944. The molecule has 3 aromatic rings. The second-order valence-corrected chi connectivity index (χ2v) is 6.58. The second kappa shape index (κ2) is 7.11. The summed E-state index contributed by atoms with van der Waals surface area (Å²) in [6.45, 7) is 8.69. The van der Waals surface area contributed by atoms with Crippen LogP contribution in [0.25, 0.3) is 5.78 Å². The number of aryl methyl sites for hydroxylation is 4. The van der Waals surface area contributed by atoms with E-state index in [4.69, 9.17) is 4.74 Å². The Balaban J connectivity index is 1.65. The van der Waals surface area contributed by atoms with Crippen molar-refractivity contribution in [1.29, 1.82) is 0 Å². The molecule has 0 atom stereocenters. The number of ether oxygens (including phenoxy) is 1. The summed E-state index contributed by atoms with van der Waals surface area (Å²) in [6, 6.07) is 7.96. The quantitative estimate of drug-likeness (QED) is 0.705. The largest absolute Gasteiger partial charge is 0.492 e. The highest BCUT2D eigenvalue weighted by Gasteiger charge is 2.18. The molecule has 136 valence electrons. The first-order valence-corrected chi connectivity index (χ1v) is 8.51. The van der Waals surface area contributed by atoms with E-state index in [-0.39, 0.29) is 11.7 Å². The zero-order valence-electron chi connectivity index (χ0n) is 15.8. The lowest BCUT2D eigenvalue weighted by Gasteiger charge is -2.16. The minimum absolute atomic E-state index is 0.139. The minimum Gasteiger partial charge on any atom is -0.492 e. The Morgan fingerprint density at radius 1 is 1.08 bits per heavy atom. The lowest BCUT2D eigenvalue weighted by atomic mass is 10.1. The van der Waals surface area contributed by atoms with Crippen LogP contribution in [0, 0.1) is 27.7 Å². The molecule has 2 aromatic heterocycles. The SMILES string of the molecule is Cc1cc(C)cc(OCCN(C)C(=O)c2nc3nc(C)cc(C)n3n2)c1. The zero-order valence-corrected chi connectivity index (χ0v) is 15.8. The van der Waals surface area contributed by atoms with Gasteiger partial charge in [-0.1, -0.05) is 6.07 Å². The third-order valence-corrected chi connectivity index (χ3v) is 4.05. The fourth-order valence-corrected chi connectivity index (χ4v) is 2.85. The Morgan fingerprint density at radius 2 is 1.77 bits per heavy atom. The van der Waals surface area contributed by atoms with Crippen molar-refractivity contribution in [1.82, 2.24) is 24.5 Å². The molecule has 0 aliphatic carbocycles. The normalized spacial score (nSPS) is 11.0. The zero-order chi connectivity index (χ0) is 18.8. The lowest BCUT2D eigenvalue weighted by Crippen LogP contribution is -2.31. The van der Waals surface area contributed by atoms with Gasteiger partial charge in [0.1, 0.15) is 12.4 Å². The fourth-order valence-electron chi connectivity index (χ4n) is 2.85. The van der Waals surface area contributed by atoms with E-state index in [1.807, 2.05) is 45.9 Å². The van der Waals surface area contributed by atoms with Gasteiger partial charge in [0.2, 0.25) is 5.82 Å². The Labute approximate surface area is 152 Å². The molecule has 1 aromatic carbocycles. The average Bonchev–Trinajstić information content (AvgIpc) is 2.97. The number of carbonyl (C=O) groups excluding carboxylic acids is 1. The van der Waals surface area contributed by atoms with Crippen LogP contribution in [0.3, 0.4) is 0 Å². The number of hydrogen-bond donors (Lipinski definition) is 0. The molecule has 0 radical (unpaired) electrons. The van der Waals surface area contributed by atoms with Gasteiger partial charge in [0.15, 0.2) is 0 Å². The molecular formula is C19H23N5O2. The fraction of sp³-hybridized carbons (Fsp3) is 0.368. The summed E-state index contributed by atoms with van der Waals surface area (Å²) in [5.74, 6) is 1.13. The summed E-state index contributed by atoms with van der Waals surface area (Å²) in [6.07, 6.45) is 0. The van der Waals surface area contributed by atoms with Crippen LogP contribution in [0.4, 0.5) is 0 Å². The molecule has 3 rings (SSSR count). The highest BCUT2D eigenvalue weighted by Crippen LogP contribution is 2.16. The predicted molar refractivity (Wildman–Crippen MR) is 98.6 cm³/mol. The van der Waals surface area contributed by atoms with Crippen molar-refractivity contribution >= 4 is 11.7 Å². The van der Waals surface area contributed by atoms with Gasteiger partial charge in [-0.2, -0.15) is 4.98 Å². The van der Waals surface area contributed by atoms with Crippen molar-refractivity contribution in [3.8, 4) is 5.75 Å². The Kier molecular flexibility index (Phi) is 4.88. The van der Waals surface area contributed by atoms with Gasteiger partial charge in [0.25, 0.3) is 11.7 Å². The molecule has 0 N–H and O–H groups in total. The number of rotatable bonds is 5. The molecule has 2 heterocycles. The summed E-state index contributed by atoms with van der Waals surface area (Å²) < 4.78 is 7.35. The standard InChI is InChI=1S/C19H23N5O2/c1-12-8-13(2)10-16(9-12)26-7-6-23(5)18(25)17-21-19-20-14(3)11-15(4)24(19)22-17/h8-11H,6-7H2,1-5H3. The van der Waals surface area contributed by atoms with E-state index in [2.05, 4.69) is 21.1 Å². The highest BCUT2D eigenvalue weighted by atomic mass is 16.5. The molecule has 0 aliphatic rings. The smallest absolute Gasteiger partial charge is 0.293 e. The lowest BCUT2D eigenvalue weighted by molar-refractivity contribution is 0.0762. The maximum atomic E-state index is 12.6. The van der Waals surface area contributed by atoms with Crippen molar-refractivity contribution in [3.63, 3.8) is 0 Å². The molecule has 0 unspecified atom stereocenters. The molecule has 0 saturated heterocycles. The van der Waals surface area contributed by atoms with E-state index in [0.29, 0.717) is 18.9 Å². The second-order valence-electron chi connectivity index (χ2n) is 6.58. The molecular weight excluding hydrogens is 330 g/mol. The Morgan fingerprint density at radius 3 is 2.46 bits per heavy atom. The van der Waals surface area contributed by atoms with Crippen molar-refractivity contribution in [2.24, 2.45) is 0 Å². The van der Waals surface area contributed by atoms with Crippen LogP contribution < -0.4 is 4.74 Å². The topological polar surface area (TPSA) is 72.6 Å². The minimum atomic E-state index is -0.253. The summed E-state index contributed by atoms with van der Waals surface area (Å²) in [5.41, 5.74) is 4.03. The third-order valence-electron chi connectivity index (χ3n) is 4.05. The summed E-state index contributed by atoms with van der Waals surface area (Å²) in [5, 5.41) is 4.27. The monoisotopic (exact) mass is 353 g/mol. The van der Waals surface area contributed by atoms with Crippen LogP contribution in [0.5, 0.6) is 5.75 Å². The number of nitrogens with zero attached hydrogens (tertiary/aromatic N) is 5. The van der Waals surface area contributed by atoms with Crippen LogP contribution in [-0.2, 0) is 0 Å². The van der Waals surface area contributed by atoms with E-state index >= 15 is 0 Å². The molecule has 0 aliphatic heterocycles.